The van der Waals surface area contributed by atoms with Gasteiger partial charge in [-0.15, -0.1) is 0 Å². The maximum atomic E-state index is 9.83. The molecule has 11 nitrogen and oxygen atoms in total. The molecule has 138 valence electrons. The molecular formula is C12H24O11. The van der Waals surface area contributed by atoms with Gasteiger partial charge >= 0.3 is 0 Å². The van der Waals surface area contributed by atoms with Crippen molar-refractivity contribution < 1.29 is 55.4 Å². The first-order valence-corrected chi connectivity index (χ1v) is 7.00. The molecule has 0 saturated carbocycles. The third kappa shape index (κ3) is 4.78. The van der Waals surface area contributed by atoms with Crippen LogP contribution >= 0.6 is 0 Å². The molecule has 2 unspecified atom stereocenters. The molecule has 0 aromatic heterocycles. The van der Waals surface area contributed by atoms with Crippen LogP contribution in [0.5, 0.6) is 0 Å². The lowest BCUT2D eigenvalue weighted by Gasteiger charge is -2.42. The average Bonchev–Trinajstić information content (AvgIpc) is 2.57. The Balaban J connectivity index is 2.89. The lowest BCUT2D eigenvalue weighted by molar-refractivity contribution is -0.327. The van der Waals surface area contributed by atoms with E-state index in [1.54, 1.807) is 0 Å². The fraction of sp³-hybridized carbons (Fsp3) is 1.00. The van der Waals surface area contributed by atoms with Crippen molar-refractivity contribution in [2.75, 3.05) is 19.8 Å². The number of hydrogen-bond acceptors (Lipinski definition) is 11. The van der Waals surface area contributed by atoms with Crippen LogP contribution in [0.25, 0.3) is 0 Å². The molecule has 1 saturated heterocycles. The lowest BCUT2D eigenvalue weighted by atomic mass is 9.98. The maximum Gasteiger partial charge on any atom is 0.187 e. The first-order chi connectivity index (χ1) is 10.8. The van der Waals surface area contributed by atoms with E-state index < -0.39 is 74.9 Å². The van der Waals surface area contributed by atoms with Crippen molar-refractivity contribution in [3.63, 3.8) is 0 Å². The zero-order chi connectivity index (χ0) is 17.7. The molecule has 9 N–H and O–H groups in total. The van der Waals surface area contributed by atoms with Gasteiger partial charge in [-0.2, -0.15) is 0 Å². The summed E-state index contributed by atoms with van der Waals surface area (Å²) in [7, 11) is 0. The number of aliphatic hydroxyl groups is 9. The van der Waals surface area contributed by atoms with E-state index in [0.29, 0.717) is 0 Å². The van der Waals surface area contributed by atoms with Crippen LogP contribution < -0.4 is 0 Å². The van der Waals surface area contributed by atoms with Gasteiger partial charge in [0.1, 0.15) is 48.8 Å². The van der Waals surface area contributed by atoms with Crippen molar-refractivity contribution in [2.24, 2.45) is 0 Å². The van der Waals surface area contributed by atoms with Crippen LogP contribution in [0.4, 0.5) is 0 Å². The van der Waals surface area contributed by atoms with Gasteiger partial charge in [0.15, 0.2) is 6.29 Å². The average molecular weight is 344 g/mol. The van der Waals surface area contributed by atoms with E-state index in [1.165, 1.54) is 0 Å². The molecule has 1 heterocycles. The summed E-state index contributed by atoms with van der Waals surface area (Å²) < 4.78 is 10.1. The van der Waals surface area contributed by atoms with E-state index in [1.807, 2.05) is 0 Å². The highest BCUT2D eigenvalue weighted by molar-refractivity contribution is 4.91. The van der Waals surface area contributed by atoms with Crippen LogP contribution in [0, 0.1) is 0 Å². The second kappa shape index (κ2) is 9.15. The smallest absolute Gasteiger partial charge is 0.187 e. The van der Waals surface area contributed by atoms with Crippen molar-refractivity contribution in [3.8, 4) is 0 Å². The molecule has 1 aliphatic heterocycles. The van der Waals surface area contributed by atoms with Crippen LogP contribution in [0.3, 0.4) is 0 Å². The van der Waals surface area contributed by atoms with E-state index in [0.717, 1.165) is 0 Å². The van der Waals surface area contributed by atoms with Crippen LogP contribution in [0.2, 0.25) is 0 Å². The standard InChI is InChI=1S/C12H24O11/c13-1-4(16)7(18)11(5(17)2-14)23-12-10(21)9(20)8(19)6(3-15)22-12/h4-21H,1-3H2/t4?,5-,6-,7-,8-,9+,10-,11?,12+/m1/s1. The molecule has 0 spiro atoms. The molecule has 1 fully saturated rings. The fourth-order valence-corrected chi connectivity index (χ4v) is 2.16. The predicted molar refractivity (Wildman–Crippen MR) is 70.8 cm³/mol. The van der Waals surface area contributed by atoms with Crippen LogP contribution in [0.15, 0.2) is 0 Å². The van der Waals surface area contributed by atoms with Crippen LogP contribution in [-0.4, -0.2) is 121 Å². The normalized spacial score (nSPS) is 37.2. The summed E-state index contributed by atoms with van der Waals surface area (Å²) in [5, 5.41) is 84.9. The first-order valence-electron chi connectivity index (χ1n) is 7.00. The van der Waals surface area contributed by atoms with Crippen molar-refractivity contribution in [1.29, 1.82) is 0 Å². The van der Waals surface area contributed by atoms with Gasteiger partial charge in [-0.3, -0.25) is 0 Å². The van der Waals surface area contributed by atoms with Crippen molar-refractivity contribution in [3.05, 3.63) is 0 Å². The van der Waals surface area contributed by atoms with Gasteiger partial charge < -0.3 is 55.4 Å². The molecule has 1 rings (SSSR count). The summed E-state index contributed by atoms with van der Waals surface area (Å²) in [6, 6.07) is 0. The Morgan fingerprint density at radius 2 is 1.39 bits per heavy atom. The Bertz CT molecular complexity index is 341. The highest BCUT2D eigenvalue weighted by atomic mass is 16.7. The molecule has 0 bridgehead atoms. The molecule has 23 heavy (non-hydrogen) atoms. The summed E-state index contributed by atoms with van der Waals surface area (Å²) >= 11 is 0. The number of rotatable bonds is 8. The third-order valence-electron chi connectivity index (χ3n) is 3.62. The number of aliphatic hydroxyl groups excluding tert-OH is 9. The van der Waals surface area contributed by atoms with Crippen molar-refractivity contribution in [1.82, 2.24) is 0 Å². The van der Waals surface area contributed by atoms with Gasteiger partial charge in [-0.05, 0) is 0 Å². The van der Waals surface area contributed by atoms with Crippen LogP contribution in [0.1, 0.15) is 0 Å². The highest BCUT2D eigenvalue weighted by Gasteiger charge is 2.46. The van der Waals surface area contributed by atoms with Gasteiger partial charge in [0.25, 0.3) is 0 Å². The second-order valence-electron chi connectivity index (χ2n) is 5.29. The summed E-state index contributed by atoms with van der Waals surface area (Å²) in [6.45, 7) is -2.45. The SMILES string of the molecule is OCC(O)[C@@H](O)C(O[C@@H]1O[C@H](CO)[C@@H](O)[C@H](O)[C@H]1O)[C@H](O)CO. The Hall–Kier alpha value is -0.440. The Labute approximate surface area is 131 Å². The zero-order valence-electron chi connectivity index (χ0n) is 12.2. The molecule has 0 aromatic carbocycles. The van der Waals surface area contributed by atoms with Gasteiger partial charge in [0.05, 0.1) is 19.8 Å². The van der Waals surface area contributed by atoms with Gasteiger partial charge in [0.2, 0.25) is 0 Å². The first kappa shape index (κ1) is 20.6. The van der Waals surface area contributed by atoms with E-state index in [4.69, 9.17) is 24.8 Å². The molecule has 0 aliphatic carbocycles. The molecule has 0 aromatic rings. The summed E-state index contributed by atoms with van der Waals surface area (Å²) in [4.78, 5) is 0. The van der Waals surface area contributed by atoms with E-state index in [2.05, 4.69) is 0 Å². The maximum absolute atomic E-state index is 9.83. The van der Waals surface area contributed by atoms with Crippen molar-refractivity contribution >= 4 is 0 Å². The van der Waals surface area contributed by atoms with Gasteiger partial charge in [-0.25, -0.2) is 0 Å². The second-order valence-corrected chi connectivity index (χ2v) is 5.29. The molecule has 0 amide bonds. The fourth-order valence-electron chi connectivity index (χ4n) is 2.16. The number of ether oxygens (including phenoxy) is 2. The van der Waals surface area contributed by atoms with Crippen LogP contribution in [-0.2, 0) is 9.47 Å². The molecule has 9 atom stereocenters. The molecular weight excluding hydrogens is 320 g/mol. The predicted octanol–water partition coefficient (Wildman–Crippen LogP) is -5.76. The Morgan fingerprint density at radius 3 is 1.87 bits per heavy atom. The van der Waals surface area contributed by atoms with E-state index >= 15 is 0 Å². The minimum Gasteiger partial charge on any atom is -0.394 e. The molecule has 0 radical (unpaired) electrons. The zero-order valence-corrected chi connectivity index (χ0v) is 12.2. The van der Waals surface area contributed by atoms with Crippen molar-refractivity contribution in [2.45, 2.75) is 55.1 Å². The number of hydrogen-bond donors (Lipinski definition) is 9. The third-order valence-corrected chi connectivity index (χ3v) is 3.62. The quantitative estimate of drug-likeness (QED) is 0.203. The Morgan fingerprint density at radius 1 is 0.826 bits per heavy atom. The summed E-state index contributed by atoms with van der Waals surface area (Å²) in [5.74, 6) is 0. The molecule has 11 heteroatoms. The highest BCUT2D eigenvalue weighted by Crippen LogP contribution is 2.24. The topological polar surface area (TPSA) is 201 Å². The largest absolute Gasteiger partial charge is 0.394 e. The van der Waals surface area contributed by atoms with Gasteiger partial charge in [0, 0.05) is 0 Å². The van der Waals surface area contributed by atoms with E-state index in [-0.39, 0.29) is 0 Å². The summed E-state index contributed by atoms with van der Waals surface area (Å²) in [5.41, 5.74) is 0. The van der Waals surface area contributed by atoms with E-state index in [9.17, 15) is 30.6 Å². The Kier molecular flexibility index (Phi) is 8.20. The monoisotopic (exact) mass is 344 g/mol. The minimum atomic E-state index is -1.85. The van der Waals surface area contributed by atoms with Gasteiger partial charge in [-0.1, -0.05) is 0 Å². The lowest BCUT2D eigenvalue weighted by Crippen LogP contribution is -2.61. The summed E-state index contributed by atoms with van der Waals surface area (Å²) in [6.07, 6.45) is -15.1. The molecule has 1 aliphatic rings. The minimum absolute atomic E-state index is 0.708.